The van der Waals surface area contributed by atoms with Gasteiger partial charge in [-0.1, -0.05) is 0 Å². The molecule has 0 unspecified atom stereocenters. The number of methoxy groups -OCH3 is 1. The highest BCUT2D eigenvalue weighted by Crippen LogP contribution is 2.27. The number of rotatable bonds is 2. The van der Waals surface area contributed by atoms with Crippen LogP contribution in [0.4, 0.5) is 4.79 Å². The molecule has 2 rings (SSSR count). The average Bonchev–Trinajstić information content (AvgIpc) is 2.53. The quantitative estimate of drug-likeness (QED) is 0.778. The molecule has 1 aliphatic heterocycles. The first kappa shape index (κ1) is 17.2. The average molecular weight is 321 g/mol. The maximum absolute atomic E-state index is 12.1. The van der Waals surface area contributed by atoms with Gasteiger partial charge >= 0.3 is 12.1 Å². The lowest BCUT2D eigenvalue weighted by Crippen LogP contribution is -2.41. The predicted molar refractivity (Wildman–Crippen MR) is 83.2 cm³/mol. The van der Waals surface area contributed by atoms with Crippen molar-refractivity contribution in [2.45, 2.75) is 45.1 Å². The summed E-state index contributed by atoms with van der Waals surface area (Å²) in [6.07, 6.45) is 2.64. The van der Waals surface area contributed by atoms with E-state index in [1.165, 1.54) is 13.4 Å². The van der Waals surface area contributed by atoms with Crippen molar-refractivity contribution in [1.82, 2.24) is 14.9 Å². The molecule has 0 N–H and O–H groups in total. The van der Waals surface area contributed by atoms with E-state index in [0.717, 1.165) is 18.5 Å². The Kier molecular flexibility index (Phi) is 5.18. The summed E-state index contributed by atoms with van der Waals surface area (Å²) in [6, 6.07) is 1.67. The minimum Gasteiger partial charge on any atom is -0.464 e. The van der Waals surface area contributed by atoms with Crippen LogP contribution >= 0.6 is 0 Å². The second-order valence-electron chi connectivity index (χ2n) is 6.56. The molecule has 0 radical (unpaired) electrons. The van der Waals surface area contributed by atoms with Crippen LogP contribution in [-0.2, 0) is 9.47 Å². The lowest BCUT2D eigenvalue weighted by Gasteiger charge is -2.33. The van der Waals surface area contributed by atoms with E-state index < -0.39 is 11.6 Å². The Hall–Kier alpha value is -2.18. The molecule has 2 heterocycles. The summed E-state index contributed by atoms with van der Waals surface area (Å²) in [5.41, 5.74) is 0.576. The van der Waals surface area contributed by atoms with E-state index in [2.05, 4.69) is 14.7 Å². The molecule has 1 aromatic heterocycles. The van der Waals surface area contributed by atoms with Crippen LogP contribution in [0, 0.1) is 0 Å². The molecule has 1 fully saturated rings. The first-order valence-corrected chi connectivity index (χ1v) is 7.68. The SMILES string of the molecule is COC(=O)c1cc(C2CCN(C(=O)OC(C)(C)C)CC2)ncn1. The van der Waals surface area contributed by atoms with Gasteiger partial charge < -0.3 is 14.4 Å². The molecule has 0 aliphatic carbocycles. The van der Waals surface area contributed by atoms with E-state index in [0.29, 0.717) is 13.1 Å². The van der Waals surface area contributed by atoms with Crippen LogP contribution in [0.2, 0.25) is 0 Å². The number of nitrogens with zero attached hydrogens (tertiary/aromatic N) is 3. The van der Waals surface area contributed by atoms with E-state index >= 15 is 0 Å². The molecule has 1 saturated heterocycles. The van der Waals surface area contributed by atoms with E-state index in [1.54, 1.807) is 11.0 Å². The Balaban J connectivity index is 1.97. The second kappa shape index (κ2) is 6.93. The van der Waals surface area contributed by atoms with E-state index in [-0.39, 0.29) is 17.7 Å². The normalized spacial score (nSPS) is 16.1. The second-order valence-corrected chi connectivity index (χ2v) is 6.56. The van der Waals surface area contributed by atoms with Gasteiger partial charge in [0.05, 0.1) is 7.11 Å². The van der Waals surface area contributed by atoms with Crippen LogP contribution in [0.1, 0.15) is 55.7 Å². The molecule has 23 heavy (non-hydrogen) atoms. The van der Waals surface area contributed by atoms with E-state index in [9.17, 15) is 9.59 Å². The van der Waals surface area contributed by atoms with Crippen molar-refractivity contribution >= 4 is 12.1 Å². The minimum absolute atomic E-state index is 0.195. The maximum Gasteiger partial charge on any atom is 0.410 e. The lowest BCUT2D eigenvalue weighted by molar-refractivity contribution is 0.0204. The van der Waals surface area contributed by atoms with Gasteiger partial charge in [-0.05, 0) is 39.7 Å². The number of likely N-dealkylation sites (tertiary alicyclic amines) is 1. The van der Waals surface area contributed by atoms with Crippen LogP contribution in [0.15, 0.2) is 12.4 Å². The van der Waals surface area contributed by atoms with Crippen molar-refractivity contribution in [1.29, 1.82) is 0 Å². The van der Waals surface area contributed by atoms with Crippen molar-refractivity contribution in [3.05, 3.63) is 23.8 Å². The molecule has 0 spiro atoms. The zero-order valence-corrected chi connectivity index (χ0v) is 14.0. The largest absolute Gasteiger partial charge is 0.464 e. The topological polar surface area (TPSA) is 81.6 Å². The smallest absolute Gasteiger partial charge is 0.410 e. The van der Waals surface area contributed by atoms with Crippen molar-refractivity contribution in [2.24, 2.45) is 0 Å². The van der Waals surface area contributed by atoms with Gasteiger partial charge in [-0.2, -0.15) is 0 Å². The Morgan fingerprint density at radius 3 is 2.43 bits per heavy atom. The Morgan fingerprint density at radius 2 is 1.87 bits per heavy atom. The molecule has 7 nitrogen and oxygen atoms in total. The summed E-state index contributed by atoms with van der Waals surface area (Å²) in [7, 11) is 1.32. The number of piperidine rings is 1. The minimum atomic E-state index is -0.490. The molecule has 0 aromatic carbocycles. The number of carbonyl (C=O) groups is 2. The molecule has 0 atom stereocenters. The molecule has 126 valence electrons. The molecule has 0 saturated carbocycles. The van der Waals surface area contributed by atoms with E-state index in [1.807, 2.05) is 20.8 Å². The number of carbonyl (C=O) groups excluding carboxylic acids is 2. The third-order valence-corrected chi connectivity index (χ3v) is 3.65. The highest BCUT2D eigenvalue weighted by atomic mass is 16.6. The molecular weight excluding hydrogens is 298 g/mol. The molecule has 1 amide bonds. The summed E-state index contributed by atoms with van der Waals surface area (Å²) in [6.45, 7) is 6.78. The van der Waals surface area contributed by atoms with Crippen LogP contribution in [0.3, 0.4) is 0 Å². The highest BCUT2D eigenvalue weighted by Gasteiger charge is 2.28. The van der Waals surface area contributed by atoms with Gasteiger partial charge in [0.2, 0.25) is 0 Å². The molecule has 1 aromatic rings. The predicted octanol–water partition coefficient (Wildman–Crippen LogP) is 2.38. The molecule has 0 bridgehead atoms. The fourth-order valence-electron chi connectivity index (χ4n) is 2.50. The van der Waals surface area contributed by atoms with Crippen LogP contribution in [-0.4, -0.2) is 52.7 Å². The fourth-order valence-corrected chi connectivity index (χ4v) is 2.50. The number of esters is 1. The third-order valence-electron chi connectivity index (χ3n) is 3.65. The number of ether oxygens (including phenoxy) is 2. The number of hydrogen-bond donors (Lipinski definition) is 0. The monoisotopic (exact) mass is 321 g/mol. The third kappa shape index (κ3) is 4.64. The molecular formula is C16H23N3O4. The van der Waals surface area contributed by atoms with Crippen LogP contribution < -0.4 is 0 Å². The number of hydrogen-bond acceptors (Lipinski definition) is 6. The Labute approximate surface area is 136 Å². The van der Waals surface area contributed by atoms with Crippen LogP contribution in [0.25, 0.3) is 0 Å². The van der Waals surface area contributed by atoms with Crippen molar-refractivity contribution in [3.8, 4) is 0 Å². The first-order chi connectivity index (χ1) is 10.8. The molecule has 1 aliphatic rings. The van der Waals surface area contributed by atoms with Crippen molar-refractivity contribution in [2.75, 3.05) is 20.2 Å². The van der Waals surface area contributed by atoms with Crippen molar-refractivity contribution < 1.29 is 19.1 Å². The summed E-state index contributed by atoms with van der Waals surface area (Å²) >= 11 is 0. The zero-order chi connectivity index (χ0) is 17.0. The Bertz CT molecular complexity index is 575. The van der Waals surface area contributed by atoms with Gasteiger partial charge in [-0.25, -0.2) is 19.6 Å². The summed E-state index contributed by atoms with van der Waals surface area (Å²) in [5.74, 6) is -0.278. The van der Waals surface area contributed by atoms with E-state index in [4.69, 9.17) is 4.74 Å². The Morgan fingerprint density at radius 1 is 1.22 bits per heavy atom. The van der Waals surface area contributed by atoms with Gasteiger partial charge in [0.1, 0.15) is 11.9 Å². The first-order valence-electron chi connectivity index (χ1n) is 7.68. The van der Waals surface area contributed by atoms with Gasteiger partial charge in [0.25, 0.3) is 0 Å². The lowest BCUT2D eigenvalue weighted by atomic mass is 9.93. The summed E-state index contributed by atoms with van der Waals surface area (Å²) < 4.78 is 10.1. The number of aromatic nitrogens is 2. The fraction of sp³-hybridized carbons (Fsp3) is 0.625. The zero-order valence-electron chi connectivity index (χ0n) is 14.0. The van der Waals surface area contributed by atoms with Gasteiger partial charge in [-0.15, -0.1) is 0 Å². The maximum atomic E-state index is 12.1. The van der Waals surface area contributed by atoms with Crippen LogP contribution in [0.5, 0.6) is 0 Å². The summed E-state index contributed by atoms with van der Waals surface area (Å²) in [4.78, 5) is 33.5. The van der Waals surface area contributed by atoms with Gasteiger partial charge in [-0.3, -0.25) is 0 Å². The standard InChI is InChI=1S/C16H23N3O4/c1-16(2,3)23-15(21)19-7-5-11(6-8-19)12-9-13(14(20)22-4)18-10-17-12/h9-11H,5-8H2,1-4H3. The van der Waals surface area contributed by atoms with Gasteiger partial charge in [0, 0.05) is 24.7 Å². The van der Waals surface area contributed by atoms with Crippen molar-refractivity contribution in [3.63, 3.8) is 0 Å². The number of amides is 1. The summed E-state index contributed by atoms with van der Waals surface area (Å²) in [5, 5.41) is 0. The molecule has 7 heteroatoms. The van der Waals surface area contributed by atoms with Gasteiger partial charge in [0.15, 0.2) is 5.69 Å². The highest BCUT2D eigenvalue weighted by molar-refractivity contribution is 5.87.